The maximum Gasteiger partial charge on any atom is 0.338 e. The van der Waals surface area contributed by atoms with E-state index >= 15 is 0 Å². The Hall–Kier alpha value is -3.62. The molecule has 0 bridgehead atoms. The van der Waals surface area contributed by atoms with E-state index in [9.17, 15) is 19.2 Å². The minimum atomic E-state index is -1.34. The zero-order chi connectivity index (χ0) is 22.3. The van der Waals surface area contributed by atoms with Crippen molar-refractivity contribution in [2.24, 2.45) is 5.92 Å². The van der Waals surface area contributed by atoms with Crippen molar-refractivity contribution >= 4 is 23.9 Å². The van der Waals surface area contributed by atoms with Gasteiger partial charge in [-0.05, 0) is 26.0 Å². The van der Waals surface area contributed by atoms with Crippen molar-refractivity contribution in [1.29, 1.82) is 0 Å². The molecule has 1 heterocycles. The van der Waals surface area contributed by atoms with Crippen LogP contribution in [0.5, 0.6) is 0 Å². The van der Waals surface area contributed by atoms with Crippen molar-refractivity contribution in [3.8, 4) is 0 Å². The van der Waals surface area contributed by atoms with Gasteiger partial charge < -0.3 is 24.3 Å². The maximum absolute atomic E-state index is 12.8. The molecule has 1 aromatic carbocycles. The van der Waals surface area contributed by atoms with Gasteiger partial charge in [-0.15, -0.1) is 0 Å². The van der Waals surface area contributed by atoms with Gasteiger partial charge in [0.2, 0.25) is 0 Å². The third-order valence-corrected chi connectivity index (χ3v) is 4.38. The van der Waals surface area contributed by atoms with Crippen LogP contribution in [-0.4, -0.2) is 51.3 Å². The topological polar surface area (TPSA) is 117 Å². The van der Waals surface area contributed by atoms with E-state index in [4.69, 9.17) is 18.9 Å². The van der Waals surface area contributed by atoms with E-state index in [1.54, 1.807) is 44.2 Å². The number of rotatable bonds is 7. The zero-order valence-corrected chi connectivity index (χ0v) is 17.1. The lowest BCUT2D eigenvalue weighted by molar-refractivity contribution is -0.151. The highest BCUT2D eigenvalue weighted by molar-refractivity contribution is 6.05. The Bertz CT molecular complexity index is 863. The molecule has 0 unspecified atom stereocenters. The molecule has 1 N–H and O–H groups in total. The summed E-state index contributed by atoms with van der Waals surface area (Å²) in [5.41, 5.74) is 0.943. The van der Waals surface area contributed by atoms with Crippen molar-refractivity contribution in [2.45, 2.75) is 13.8 Å². The summed E-state index contributed by atoms with van der Waals surface area (Å²) in [5, 5.41) is 2.88. The molecule has 0 saturated heterocycles. The van der Waals surface area contributed by atoms with Crippen LogP contribution in [0.2, 0.25) is 0 Å². The molecular weight excluding hydrogens is 394 g/mol. The maximum atomic E-state index is 12.8. The number of carbonyl (C=O) groups is 4. The summed E-state index contributed by atoms with van der Waals surface area (Å²) in [6.07, 6.45) is 0. The second-order valence-corrected chi connectivity index (χ2v) is 6.29. The molecule has 0 fully saturated rings. The van der Waals surface area contributed by atoms with Crippen molar-refractivity contribution in [3.63, 3.8) is 0 Å². The summed E-state index contributed by atoms with van der Waals surface area (Å²) < 4.78 is 19.8. The van der Waals surface area contributed by atoms with Crippen molar-refractivity contribution in [1.82, 2.24) is 5.32 Å². The molecule has 160 valence electrons. The highest BCUT2D eigenvalue weighted by Gasteiger charge is 2.42. The number of dihydropyridines is 1. The quantitative estimate of drug-likeness (QED) is 0.400. The van der Waals surface area contributed by atoms with Gasteiger partial charge in [-0.25, -0.2) is 14.4 Å². The molecule has 0 amide bonds. The summed E-state index contributed by atoms with van der Waals surface area (Å²) in [5.74, 6) is -4.34. The molecule has 9 nitrogen and oxygen atoms in total. The second kappa shape index (κ2) is 10.2. The molecule has 0 radical (unpaired) electrons. The van der Waals surface area contributed by atoms with E-state index in [0.717, 1.165) is 14.2 Å². The fraction of sp³-hybridized carbons (Fsp3) is 0.333. The third-order valence-electron chi connectivity index (χ3n) is 4.38. The number of carbonyl (C=O) groups excluding carboxylic acids is 4. The molecule has 0 saturated carbocycles. The summed E-state index contributed by atoms with van der Waals surface area (Å²) >= 11 is 0. The van der Waals surface area contributed by atoms with Crippen LogP contribution in [0.3, 0.4) is 0 Å². The van der Waals surface area contributed by atoms with Gasteiger partial charge in [0.1, 0.15) is 19.1 Å². The fourth-order valence-corrected chi connectivity index (χ4v) is 3.01. The minimum absolute atomic E-state index is 0.0604. The van der Waals surface area contributed by atoms with Crippen molar-refractivity contribution in [2.75, 3.05) is 27.4 Å². The first kappa shape index (κ1) is 22.7. The Morgan fingerprint density at radius 2 is 1.30 bits per heavy atom. The van der Waals surface area contributed by atoms with Crippen LogP contribution in [0.1, 0.15) is 24.2 Å². The molecule has 1 aliphatic heterocycles. The SMILES string of the molecule is COC(=O)C1=C(C)NC(C)=C(C(=O)OC)C1C(=O)OCCOC(=O)c1ccccc1. The average molecular weight is 417 g/mol. The van der Waals surface area contributed by atoms with Gasteiger partial charge in [0.15, 0.2) is 0 Å². The lowest BCUT2D eigenvalue weighted by atomic mass is 9.85. The smallest absolute Gasteiger partial charge is 0.338 e. The van der Waals surface area contributed by atoms with E-state index in [2.05, 4.69) is 5.32 Å². The largest absolute Gasteiger partial charge is 0.466 e. The van der Waals surface area contributed by atoms with Crippen LogP contribution >= 0.6 is 0 Å². The first-order valence-electron chi connectivity index (χ1n) is 9.05. The van der Waals surface area contributed by atoms with E-state index < -0.39 is 29.8 Å². The van der Waals surface area contributed by atoms with Crippen molar-refractivity contribution in [3.05, 3.63) is 58.4 Å². The van der Waals surface area contributed by atoms with Gasteiger partial charge in [0.25, 0.3) is 0 Å². The molecule has 0 aromatic heterocycles. The van der Waals surface area contributed by atoms with Gasteiger partial charge in [0.05, 0.1) is 30.9 Å². The Morgan fingerprint density at radius 3 is 1.80 bits per heavy atom. The summed E-state index contributed by atoms with van der Waals surface area (Å²) in [4.78, 5) is 49.2. The lowest BCUT2D eigenvalue weighted by Gasteiger charge is -2.28. The predicted octanol–water partition coefficient (Wildman–Crippen LogP) is 1.50. The molecule has 0 aliphatic carbocycles. The van der Waals surface area contributed by atoms with Crippen LogP contribution in [0.15, 0.2) is 52.9 Å². The molecule has 0 spiro atoms. The standard InChI is InChI=1S/C21H23NO8/c1-12-15(19(24)27-3)17(16(13(2)22-12)20(25)28-4)21(26)30-11-10-29-18(23)14-8-6-5-7-9-14/h5-9,17,22H,10-11H2,1-4H3. The molecule has 2 rings (SSSR count). The van der Waals surface area contributed by atoms with E-state index in [1.165, 1.54) is 0 Å². The third kappa shape index (κ3) is 5.05. The normalized spacial score (nSPS) is 14.0. The Balaban J connectivity index is 2.12. The molecule has 30 heavy (non-hydrogen) atoms. The Kier molecular flexibility index (Phi) is 7.74. The predicted molar refractivity (Wildman–Crippen MR) is 104 cm³/mol. The number of methoxy groups -OCH3 is 2. The van der Waals surface area contributed by atoms with E-state index in [0.29, 0.717) is 17.0 Å². The van der Waals surface area contributed by atoms with Gasteiger partial charge in [0, 0.05) is 11.4 Å². The van der Waals surface area contributed by atoms with Crippen LogP contribution in [0, 0.1) is 5.92 Å². The van der Waals surface area contributed by atoms with Crippen LogP contribution in [-0.2, 0) is 33.3 Å². The molecule has 9 heteroatoms. The number of hydrogen-bond donors (Lipinski definition) is 1. The second-order valence-electron chi connectivity index (χ2n) is 6.29. The van der Waals surface area contributed by atoms with Gasteiger partial charge >= 0.3 is 23.9 Å². The summed E-state index contributed by atoms with van der Waals surface area (Å²) in [7, 11) is 2.33. The first-order chi connectivity index (χ1) is 14.3. The molecule has 0 atom stereocenters. The number of ether oxygens (including phenoxy) is 4. The molecule has 1 aromatic rings. The van der Waals surface area contributed by atoms with Crippen LogP contribution in [0.25, 0.3) is 0 Å². The molecule has 1 aliphatic rings. The monoisotopic (exact) mass is 417 g/mol. The number of esters is 4. The van der Waals surface area contributed by atoms with E-state index in [1.807, 2.05) is 0 Å². The fourth-order valence-electron chi connectivity index (χ4n) is 3.01. The molecular formula is C21H23NO8. The number of nitrogens with one attached hydrogen (secondary N) is 1. The number of allylic oxidation sites excluding steroid dienone is 2. The van der Waals surface area contributed by atoms with Gasteiger partial charge in [-0.3, -0.25) is 4.79 Å². The zero-order valence-electron chi connectivity index (χ0n) is 17.1. The summed E-state index contributed by atoms with van der Waals surface area (Å²) in [6, 6.07) is 8.34. The average Bonchev–Trinajstić information content (AvgIpc) is 2.75. The van der Waals surface area contributed by atoms with Crippen molar-refractivity contribution < 1.29 is 38.1 Å². The highest BCUT2D eigenvalue weighted by Crippen LogP contribution is 2.32. The van der Waals surface area contributed by atoms with Crippen LogP contribution in [0.4, 0.5) is 0 Å². The summed E-state index contributed by atoms with van der Waals surface area (Å²) in [6.45, 7) is 2.69. The Morgan fingerprint density at radius 1 is 0.800 bits per heavy atom. The van der Waals surface area contributed by atoms with Crippen LogP contribution < -0.4 is 5.32 Å². The van der Waals surface area contributed by atoms with Gasteiger partial charge in [-0.2, -0.15) is 0 Å². The first-order valence-corrected chi connectivity index (χ1v) is 9.05. The Labute approximate surface area is 173 Å². The lowest BCUT2D eigenvalue weighted by Crippen LogP contribution is -2.38. The van der Waals surface area contributed by atoms with E-state index in [-0.39, 0.29) is 24.4 Å². The highest BCUT2D eigenvalue weighted by atomic mass is 16.6. The minimum Gasteiger partial charge on any atom is -0.466 e. The number of benzene rings is 1. The number of hydrogen-bond acceptors (Lipinski definition) is 9. The van der Waals surface area contributed by atoms with Gasteiger partial charge in [-0.1, -0.05) is 18.2 Å².